The van der Waals surface area contributed by atoms with Crippen molar-refractivity contribution in [2.75, 3.05) is 0 Å². The van der Waals surface area contributed by atoms with Crippen molar-refractivity contribution in [1.82, 2.24) is 19.7 Å². The van der Waals surface area contributed by atoms with E-state index in [1.54, 1.807) is 9.25 Å². The summed E-state index contributed by atoms with van der Waals surface area (Å²) in [6.45, 7) is 3.34. The number of hydrogen-bond acceptors (Lipinski definition) is 3. The van der Waals surface area contributed by atoms with Crippen molar-refractivity contribution in [1.29, 1.82) is 0 Å². The number of amides is 1. The van der Waals surface area contributed by atoms with E-state index in [0.717, 1.165) is 44.3 Å². The quantitative estimate of drug-likeness (QED) is 0.828. The van der Waals surface area contributed by atoms with Crippen LogP contribution in [0, 0.1) is 0 Å². The van der Waals surface area contributed by atoms with Crippen molar-refractivity contribution in [2.45, 2.75) is 71.0 Å². The highest BCUT2D eigenvalue weighted by atomic mass is 16.2. The van der Waals surface area contributed by atoms with Gasteiger partial charge in [0.2, 0.25) is 5.91 Å². The van der Waals surface area contributed by atoms with Gasteiger partial charge in [-0.3, -0.25) is 9.36 Å². The molecule has 0 fully saturated rings. The molecule has 140 valence electrons. The van der Waals surface area contributed by atoms with Gasteiger partial charge in [-0.2, -0.15) is 5.10 Å². The summed E-state index contributed by atoms with van der Waals surface area (Å²) in [5.74, 6) is 0.957. The number of aryl methyl sites for hydroxylation is 3. The molecule has 1 aromatic heterocycles. The number of aromatic nitrogens is 3. The molecule has 1 unspecified atom stereocenters. The maximum atomic E-state index is 12.3. The van der Waals surface area contributed by atoms with Gasteiger partial charge in [-0.1, -0.05) is 37.3 Å². The van der Waals surface area contributed by atoms with E-state index in [1.165, 1.54) is 5.56 Å². The molecule has 0 aliphatic carbocycles. The van der Waals surface area contributed by atoms with Gasteiger partial charge in [0.15, 0.2) is 0 Å². The van der Waals surface area contributed by atoms with Crippen LogP contribution in [0.4, 0.5) is 0 Å². The Morgan fingerprint density at radius 2 is 2.08 bits per heavy atom. The Morgan fingerprint density at radius 1 is 1.27 bits per heavy atom. The molecule has 0 bridgehead atoms. The first kappa shape index (κ1) is 18.4. The summed E-state index contributed by atoms with van der Waals surface area (Å²) in [6.07, 6.45) is 5.58. The topological polar surface area (TPSA) is 68.9 Å². The average molecular weight is 356 g/mol. The zero-order chi connectivity index (χ0) is 18.4. The summed E-state index contributed by atoms with van der Waals surface area (Å²) >= 11 is 0. The lowest BCUT2D eigenvalue weighted by atomic mass is 10.1. The van der Waals surface area contributed by atoms with E-state index in [9.17, 15) is 9.59 Å². The molecule has 1 aliphatic heterocycles. The standard InChI is InChI=1S/C20H28N4O2/c1-2-14-24-20(26)23-15-13-17(11-12-18(23)22-24)21-19(25)10-6-9-16-7-4-3-5-8-16/h3-5,7-8,17H,2,6,9-15H2,1H3,(H,21,25). The smallest absolute Gasteiger partial charge is 0.345 e. The highest BCUT2D eigenvalue weighted by Gasteiger charge is 2.21. The molecule has 0 saturated heterocycles. The fourth-order valence-electron chi connectivity index (χ4n) is 3.53. The van der Waals surface area contributed by atoms with Crippen molar-refractivity contribution < 1.29 is 4.79 Å². The van der Waals surface area contributed by atoms with Gasteiger partial charge in [0, 0.05) is 32.0 Å². The molecular weight excluding hydrogens is 328 g/mol. The van der Waals surface area contributed by atoms with E-state index in [1.807, 2.05) is 25.1 Å². The molecular formula is C20H28N4O2. The third-order valence-corrected chi connectivity index (χ3v) is 4.93. The van der Waals surface area contributed by atoms with Crippen molar-refractivity contribution in [2.24, 2.45) is 0 Å². The second-order valence-electron chi connectivity index (χ2n) is 7.00. The molecule has 6 heteroatoms. The highest BCUT2D eigenvalue weighted by Crippen LogP contribution is 2.13. The predicted molar refractivity (Wildman–Crippen MR) is 101 cm³/mol. The number of nitrogens with one attached hydrogen (secondary N) is 1. The Morgan fingerprint density at radius 3 is 2.85 bits per heavy atom. The van der Waals surface area contributed by atoms with Crippen LogP contribution in [0.25, 0.3) is 0 Å². The summed E-state index contributed by atoms with van der Waals surface area (Å²) in [4.78, 5) is 24.6. The molecule has 0 saturated carbocycles. The van der Waals surface area contributed by atoms with E-state index >= 15 is 0 Å². The molecule has 1 atom stereocenters. The molecule has 2 heterocycles. The molecule has 26 heavy (non-hydrogen) atoms. The van der Waals surface area contributed by atoms with Crippen molar-refractivity contribution in [3.63, 3.8) is 0 Å². The number of benzene rings is 1. The predicted octanol–water partition coefficient (Wildman–Crippen LogP) is 2.30. The van der Waals surface area contributed by atoms with Gasteiger partial charge in [-0.15, -0.1) is 0 Å². The molecule has 0 radical (unpaired) electrons. The van der Waals surface area contributed by atoms with E-state index in [2.05, 4.69) is 22.5 Å². The third-order valence-electron chi connectivity index (χ3n) is 4.93. The number of fused-ring (bicyclic) bond motifs is 1. The molecule has 2 aromatic rings. The van der Waals surface area contributed by atoms with Crippen LogP contribution in [0.2, 0.25) is 0 Å². The fourth-order valence-corrected chi connectivity index (χ4v) is 3.53. The van der Waals surface area contributed by atoms with Gasteiger partial charge in [0.05, 0.1) is 0 Å². The first-order valence-corrected chi connectivity index (χ1v) is 9.67. The first-order valence-electron chi connectivity index (χ1n) is 9.67. The summed E-state index contributed by atoms with van der Waals surface area (Å²) < 4.78 is 3.34. The van der Waals surface area contributed by atoms with Crippen molar-refractivity contribution in [3.05, 3.63) is 52.2 Å². The Bertz CT molecular complexity index is 779. The minimum atomic E-state index is -0.0170. The van der Waals surface area contributed by atoms with E-state index in [4.69, 9.17) is 0 Å². The molecule has 1 N–H and O–H groups in total. The lowest BCUT2D eigenvalue weighted by Gasteiger charge is -2.16. The minimum Gasteiger partial charge on any atom is -0.353 e. The lowest BCUT2D eigenvalue weighted by Crippen LogP contribution is -2.35. The normalized spacial score (nSPS) is 16.7. The Balaban J connectivity index is 1.46. The molecule has 6 nitrogen and oxygen atoms in total. The second-order valence-corrected chi connectivity index (χ2v) is 7.00. The molecule has 1 aliphatic rings. The van der Waals surface area contributed by atoms with E-state index < -0.39 is 0 Å². The number of nitrogens with zero attached hydrogens (tertiary/aromatic N) is 3. The second kappa shape index (κ2) is 8.83. The lowest BCUT2D eigenvalue weighted by molar-refractivity contribution is -0.122. The molecule has 3 rings (SSSR count). The largest absolute Gasteiger partial charge is 0.353 e. The van der Waals surface area contributed by atoms with Gasteiger partial charge in [-0.25, -0.2) is 9.48 Å². The average Bonchev–Trinajstić information content (AvgIpc) is 2.80. The fraction of sp³-hybridized carbons (Fsp3) is 0.550. The maximum Gasteiger partial charge on any atom is 0.345 e. The zero-order valence-electron chi connectivity index (χ0n) is 15.5. The number of carbonyl (C=O) groups excluding carboxylic acids is 1. The summed E-state index contributed by atoms with van der Waals surface area (Å²) in [7, 11) is 0. The van der Waals surface area contributed by atoms with Crippen LogP contribution in [0.15, 0.2) is 35.1 Å². The summed E-state index contributed by atoms with van der Waals surface area (Å²) in [5, 5.41) is 7.59. The number of carbonyl (C=O) groups is 1. The van der Waals surface area contributed by atoms with Crippen LogP contribution in [-0.2, 0) is 30.7 Å². The SMILES string of the molecule is CCCn1nc2n(c1=O)CCC(NC(=O)CCCc1ccccc1)CC2. The van der Waals surface area contributed by atoms with E-state index in [0.29, 0.717) is 19.5 Å². The Labute approximate surface area is 154 Å². The van der Waals surface area contributed by atoms with Crippen LogP contribution < -0.4 is 11.0 Å². The van der Waals surface area contributed by atoms with Crippen molar-refractivity contribution >= 4 is 5.91 Å². The van der Waals surface area contributed by atoms with E-state index in [-0.39, 0.29) is 17.6 Å². The van der Waals surface area contributed by atoms with Gasteiger partial charge >= 0.3 is 5.69 Å². The Hall–Kier alpha value is -2.37. The number of hydrogen-bond donors (Lipinski definition) is 1. The molecule has 0 spiro atoms. The maximum absolute atomic E-state index is 12.3. The molecule has 1 aromatic carbocycles. The summed E-state index contributed by atoms with van der Waals surface area (Å²) in [5.41, 5.74) is 1.25. The van der Waals surface area contributed by atoms with Gasteiger partial charge < -0.3 is 5.32 Å². The number of rotatable bonds is 7. The van der Waals surface area contributed by atoms with Crippen molar-refractivity contribution in [3.8, 4) is 0 Å². The monoisotopic (exact) mass is 356 g/mol. The van der Waals surface area contributed by atoms with Crippen LogP contribution in [0.1, 0.15) is 50.4 Å². The Kier molecular flexibility index (Phi) is 6.26. The molecule has 1 amide bonds. The zero-order valence-corrected chi connectivity index (χ0v) is 15.5. The van der Waals surface area contributed by atoms with Gasteiger partial charge in [0.1, 0.15) is 5.82 Å². The summed E-state index contributed by atoms with van der Waals surface area (Å²) in [6, 6.07) is 10.4. The van der Waals surface area contributed by atoms with Gasteiger partial charge in [0.25, 0.3) is 0 Å². The highest BCUT2D eigenvalue weighted by molar-refractivity contribution is 5.76. The van der Waals surface area contributed by atoms with Crippen LogP contribution >= 0.6 is 0 Å². The minimum absolute atomic E-state index is 0.0170. The van der Waals surface area contributed by atoms with Gasteiger partial charge in [-0.05, 0) is 37.7 Å². The van der Waals surface area contributed by atoms with Crippen LogP contribution in [0.5, 0.6) is 0 Å². The van der Waals surface area contributed by atoms with Crippen LogP contribution in [-0.4, -0.2) is 26.3 Å². The third kappa shape index (κ3) is 4.62. The van der Waals surface area contributed by atoms with Crippen LogP contribution in [0.3, 0.4) is 0 Å². The first-order chi connectivity index (χ1) is 12.7.